The van der Waals surface area contributed by atoms with Gasteiger partial charge >= 0.3 is 0 Å². The molecule has 1 N–H and O–H groups in total. The van der Waals surface area contributed by atoms with Crippen molar-refractivity contribution >= 4 is 28.9 Å². The summed E-state index contributed by atoms with van der Waals surface area (Å²) in [4.78, 5) is 0. The van der Waals surface area contributed by atoms with Crippen LogP contribution in [-0.4, -0.2) is 10.9 Å². The zero-order valence-corrected chi connectivity index (χ0v) is 12.7. The lowest BCUT2D eigenvalue weighted by Crippen LogP contribution is -2.00. The molecule has 0 spiro atoms. The minimum absolute atomic E-state index is 0.349. The van der Waals surface area contributed by atoms with E-state index in [1.807, 2.05) is 18.2 Å². The zero-order valence-electron chi connectivity index (χ0n) is 11.1. The van der Waals surface area contributed by atoms with Gasteiger partial charge in [0.15, 0.2) is 0 Å². The highest BCUT2D eigenvalue weighted by Crippen LogP contribution is 2.32. The van der Waals surface area contributed by atoms with E-state index >= 15 is 0 Å². The van der Waals surface area contributed by atoms with Gasteiger partial charge in [0.05, 0.1) is 5.71 Å². The van der Waals surface area contributed by atoms with E-state index in [0.29, 0.717) is 22.4 Å². The Morgan fingerprint density at radius 2 is 2.00 bits per heavy atom. The minimum atomic E-state index is 0.349. The molecule has 0 heterocycles. The third-order valence-electron chi connectivity index (χ3n) is 3.57. The lowest BCUT2D eigenvalue weighted by Gasteiger charge is -2.11. The van der Waals surface area contributed by atoms with Gasteiger partial charge in [0.2, 0.25) is 0 Å². The molecule has 0 saturated heterocycles. The first kappa shape index (κ1) is 14.2. The van der Waals surface area contributed by atoms with Gasteiger partial charge < -0.3 is 9.94 Å². The Bertz CT molecular complexity index is 713. The molecule has 2 aromatic carbocycles. The molecule has 0 aliphatic heterocycles. The second-order valence-electron chi connectivity index (χ2n) is 4.85. The average Bonchev–Trinajstić information content (AvgIpc) is 2.92. The number of ether oxygens (including phenoxy) is 1. The number of hydrogen-bond acceptors (Lipinski definition) is 3. The van der Waals surface area contributed by atoms with Gasteiger partial charge in [-0.15, -0.1) is 0 Å². The van der Waals surface area contributed by atoms with E-state index in [2.05, 4.69) is 5.16 Å². The van der Waals surface area contributed by atoms with Crippen LogP contribution in [-0.2, 0) is 13.0 Å². The van der Waals surface area contributed by atoms with E-state index < -0.39 is 0 Å². The Hall–Kier alpha value is -1.71. The molecular weight excluding hydrogens is 309 g/mol. The maximum atomic E-state index is 8.99. The van der Waals surface area contributed by atoms with Crippen LogP contribution in [0.3, 0.4) is 0 Å². The average molecular weight is 322 g/mol. The number of oxime groups is 1. The van der Waals surface area contributed by atoms with Gasteiger partial charge in [-0.2, -0.15) is 0 Å². The summed E-state index contributed by atoms with van der Waals surface area (Å²) in [7, 11) is 0. The first-order valence-corrected chi connectivity index (χ1v) is 7.34. The summed E-state index contributed by atoms with van der Waals surface area (Å²) < 4.78 is 5.88. The van der Waals surface area contributed by atoms with Crippen LogP contribution in [0, 0.1) is 0 Å². The van der Waals surface area contributed by atoms with Crippen molar-refractivity contribution < 1.29 is 9.94 Å². The molecule has 2 aromatic rings. The second-order valence-corrected chi connectivity index (χ2v) is 5.70. The van der Waals surface area contributed by atoms with Crippen molar-refractivity contribution in [2.45, 2.75) is 19.4 Å². The van der Waals surface area contributed by atoms with Crippen molar-refractivity contribution in [1.82, 2.24) is 0 Å². The third-order valence-corrected chi connectivity index (χ3v) is 4.17. The number of halogens is 2. The summed E-state index contributed by atoms with van der Waals surface area (Å²) in [5, 5.41) is 13.6. The third kappa shape index (κ3) is 2.85. The maximum absolute atomic E-state index is 8.99. The van der Waals surface area contributed by atoms with E-state index in [9.17, 15) is 0 Å². The Kier molecular flexibility index (Phi) is 4.04. The molecule has 1 aliphatic rings. The van der Waals surface area contributed by atoms with Crippen LogP contribution in [0.4, 0.5) is 0 Å². The SMILES string of the molecule is ON=C1CCc2c(OCc3cc(Cl)ccc3Cl)cccc21. The Morgan fingerprint density at radius 1 is 1.14 bits per heavy atom. The normalized spacial score (nSPS) is 15.2. The van der Waals surface area contributed by atoms with Crippen LogP contribution >= 0.6 is 23.2 Å². The molecule has 0 aromatic heterocycles. The van der Waals surface area contributed by atoms with E-state index in [1.54, 1.807) is 18.2 Å². The molecule has 0 radical (unpaired) electrons. The summed E-state index contributed by atoms with van der Waals surface area (Å²) in [5.41, 5.74) is 3.57. The van der Waals surface area contributed by atoms with E-state index in [1.165, 1.54) is 0 Å². The fourth-order valence-electron chi connectivity index (χ4n) is 2.52. The summed E-state index contributed by atoms with van der Waals surface area (Å²) in [6.07, 6.45) is 1.54. The summed E-state index contributed by atoms with van der Waals surface area (Å²) >= 11 is 12.1. The van der Waals surface area contributed by atoms with E-state index in [0.717, 1.165) is 35.3 Å². The Labute approximate surface area is 132 Å². The highest BCUT2D eigenvalue weighted by Gasteiger charge is 2.21. The number of benzene rings is 2. The highest BCUT2D eigenvalue weighted by atomic mass is 35.5. The number of nitrogens with zero attached hydrogens (tertiary/aromatic N) is 1. The molecule has 3 nitrogen and oxygen atoms in total. The molecule has 21 heavy (non-hydrogen) atoms. The number of hydrogen-bond donors (Lipinski definition) is 1. The number of fused-ring (bicyclic) bond motifs is 1. The van der Waals surface area contributed by atoms with Gasteiger partial charge in [-0.1, -0.05) is 40.5 Å². The molecule has 5 heteroatoms. The molecule has 0 atom stereocenters. The van der Waals surface area contributed by atoms with Gasteiger partial charge in [0.1, 0.15) is 12.4 Å². The lowest BCUT2D eigenvalue weighted by molar-refractivity contribution is 0.303. The summed E-state index contributed by atoms with van der Waals surface area (Å²) in [6.45, 7) is 0.349. The van der Waals surface area contributed by atoms with E-state index in [4.69, 9.17) is 33.1 Å². The molecule has 0 bridgehead atoms. The van der Waals surface area contributed by atoms with E-state index in [-0.39, 0.29) is 0 Å². The molecule has 3 rings (SSSR count). The molecule has 0 saturated carbocycles. The van der Waals surface area contributed by atoms with Gasteiger partial charge in [0.25, 0.3) is 0 Å². The largest absolute Gasteiger partial charge is 0.489 e. The van der Waals surface area contributed by atoms with Gasteiger partial charge in [-0.3, -0.25) is 0 Å². The van der Waals surface area contributed by atoms with Gasteiger partial charge in [0, 0.05) is 26.7 Å². The van der Waals surface area contributed by atoms with Crippen LogP contribution in [0.25, 0.3) is 0 Å². The molecule has 108 valence electrons. The van der Waals surface area contributed by atoms with Crippen LogP contribution in [0.15, 0.2) is 41.6 Å². The van der Waals surface area contributed by atoms with Crippen LogP contribution in [0.5, 0.6) is 5.75 Å². The van der Waals surface area contributed by atoms with Crippen molar-refractivity contribution in [1.29, 1.82) is 0 Å². The Morgan fingerprint density at radius 3 is 2.81 bits per heavy atom. The van der Waals surface area contributed by atoms with Crippen molar-refractivity contribution in [2.24, 2.45) is 5.16 Å². The summed E-state index contributed by atoms with van der Waals surface area (Å²) in [6, 6.07) is 11.1. The maximum Gasteiger partial charge on any atom is 0.123 e. The second kappa shape index (κ2) is 5.96. The van der Waals surface area contributed by atoms with Crippen LogP contribution in [0.1, 0.15) is 23.1 Å². The van der Waals surface area contributed by atoms with Crippen molar-refractivity contribution in [3.05, 3.63) is 63.1 Å². The van der Waals surface area contributed by atoms with Crippen LogP contribution < -0.4 is 4.74 Å². The predicted molar refractivity (Wildman–Crippen MR) is 83.9 cm³/mol. The highest BCUT2D eigenvalue weighted by molar-refractivity contribution is 6.33. The monoisotopic (exact) mass is 321 g/mol. The fourth-order valence-corrected chi connectivity index (χ4v) is 2.89. The first-order valence-electron chi connectivity index (χ1n) is 6.59. The quantitative estimate of drug-likeness (QED) is 0.657. The molecule has 0 unspecified atom stereocenters. The van der Waals surface area contributed by atoms with Crippen molar-refractivity contribution in [2.75, 3.05) is 0 Å². The predicted octanol–water partition coefficient (Wildman–Crippen LogP) is 4.70. The smallest absolute Gasteiger partial charge is 0.123 e. The first-order chi connectivity index (χ1) is 10.2. The van der Waals surface area contributed by atoms with Crippen molar-refractivity contribution in [3.63, 3.8) is 0 Å². The molecule has 0 amide bonds. The Balaban J connectivity index is 1.84. The fraction of sp³-hybridized carbons (Fsp3) is 0.188. The summed E-state index contributed by atoms with van der Waals surface area (Å²) in [5.74, 6) is 0.794. The molecular formula is C16H13Cl2NO2. The zero-order chi connectivity index (χ0) is 14.8. The lowest BCUT2D eigenvalue weighted by atomic mass is 10.1. The standard InChI is InChI=1S/C16H13Cl2NO2/c17-11-4-6-14(18)10(8-11)9-21-16-3-1-2-12-13(16)5-7-15(12)19-20/h1-4,6,8,20H,5,7,9H2. The van der Waals surface area contributed by atoms with Gasteiger partial charge in [-0.05, 0) is 37.1 Å². The molecule has 1 aliphatic carbocycles. The van der Waals surface area contributed by atoms with Crippen LogP contribution in [0.2, 0.25) is 10.0 Å². The van der Waals surface area contributed by atoms with Crippen molar-refractivity contribution in [3.8, 4) is 5.75 Å². The minimum Gasteiger partial charge on any atom is -0.489 e. The molecule has 0 fully saturated rings. The number of rotatable bonds is 3. The van der Waals surface area contributed by atoms with Gasteiger partial charge in [-0.25, -0.2) is 0 Å². The topological polar surface area (TPSA) is 41.8 Å².